The van der Waals surface area contributed by atoms with Gasteiger partial charge in [-0.05, 0) is 52.6 Å². The molecule has 0 aromatic heterocycles. The van der Waals surface area contributed by atoms with Gasteiger partial charge < -0.3 is 0 Å². The van der Waals surface area contributed by atoms with Crippen molar-refractivity contribution in [2.75, 3.05) is 19.8 Å². The fourth-order valence-corrected chi connectivity index (χ4v) is 1.76. The molecule has 0 atom stereocenters. The fourth-order valence-electron chi connectivity index (χ4n) is 1.76. The second kappa shape index (κ2) is 3.73. The van der Waals surface area contributed by atoms with E-state index in [4.69, 9.17) is 0 Å². The molecular formula is C10H20FN. The Morgan fingerprint density at radius 3 is 2.08 bits per heavy atom. The number of alkyl halides is 1. The summed E-state index contributed by atoms with van der Waals surface area (Å²) < 4.78 is 12.3. The molecule has 1 heterocycles. The van der Waals surface area contributed by atoms with Gasteiger partial charge in [-0.25, -0.2) is 0 Å². The van der Waals surface area contributed by atoms with Gasteiger partial charge in [0.1, 0.15) is 0 Å². The minimum atomic E-state index is -0.127. The van der Waals surface area contributed by atoms with Crippen molar-refractivity contribution in [1.29, 1.82) is 0 Å². The lowest BCUT2D eigenvalue weighted by atomic mass is 9.94. The molecule has 0 aromatic carbocycles. The molecule has 0 amide bonds. The summed E-state index contributed by atoms with van der Waals surface area (Å²) in [6, 6.07) is 0. The molecule has 0 unspecified atom stereocenters. The first-order chi connectivity index (χ1) is 5.54. The molecule has 0 N–H and O–H groups in total. The molecule has 0 bridgehead atoms. The Balaban J connectivity index is 2.36. The topological polar surface area (TPSA) is 3.24 Å². The Morgan fingerprint density at radius 2 is 1.75 bits per heavy atom. The zero-order chi connectivity index (χ0) is 9.19. The van der Waals surface area contributed by atoms with Crippen molar-refractivity contribution in [3.8, 4) is 0 Å². The van der Waals surface area contributed by atoms with Crippen LogP contribution in [0.2, 0.25) is 0 Å². The number of hydrogen-bond donors (Lipinski definition) is 0. The summed E-state index contributed by atoms with van der Waals surface area (Å²) in [6.45, 7) is 8.68. The van der Waals surface area contributed by atoms with E-state index in [1.165, 1.54) is 0 Å². The quantitative estimate of drug-likeness (QED) is 0.589. The highest BCUT2D eigenvalue weighted by molar-refractivity contribution is 4.81. The van der Waals surface area contributed by atoms with Crippen molar-refractivity contribution in [2.24, 2.45) is 5.92 Å². The van der Waals surface area contributed by atoms with Crippen LogP contribution in [0.15, 0.2) is 0 Å². The van der Waals surface area contributed by atoms with E-state index in [0.717, 1.165) is 25.9 Å². The summed E-state index contributed by atoms with van der Waals surface area (Å²) in [6.07, 6.45) is 2.07. The Kier molecular flexibility index (Phi) is 3.10. The Labute approximate surface area is 74.9 Å². The second-order valence-corrected chi connectivity index (χ2v) is 4.76. The zero-order valence-electron chi connectivity index (χ0n) is 8.44. The Bertz CT molecular complexity index is 131. The lowest BCUT2D eigenvalue weighted by Crippen LogP contribution is -2.46. The molecule has 72 valence electrons. The van der Waals surface area contributed by atoms with Gasteiger partial charge in [0.15, 0.2) is 0 Å². The lowest BCUT2D eigenvalue weighted by Gasteiger charge is -2.40. The van der Waals surface area contributed by atoms with E-state index < -0.39 is 0 Å². The molecule has 1 rings (SSSR count). The molecular weight excluding hydrogens is 153 g/mol. The molecule has 0 radical (unpaired) electrons. The highest BCUT2D eigenvalue weighted by Gasteiger charge is 2.26. The van der Waals surface area contributed by atoms with Crippen molar-refractivity contribution in [1.82, 2.24) is 4.90 Å². The minimum Gasteiger partial charge on any atom is -0.298 e. The van der Waals surface area contributed by atoms with E-state index in [1.54, 1.807) is 0 Å². The maximum atomic E-state index is 12.3. The van der Waals surface area contributed by atoms with Crippen molar-refractivity contribution < 1.29 is 4.39 Å². The van der Waals surface area contributed by atoms with Gasteiger partial charge in [-0.1, -0.05) is 0 Å². The van der Waals surface area contributed by atoms with Gasteiger partial charge >= 0.3 is 0 Å². The van der Waals surface area contributed by atoms with Crippen molar-refractivity contribution in [2.45, 2.75) is 39.2 Å². The highest BCUT2D eigenvalue weighted by atomic mass is 19.1. The van der Waals surface area contributed by atoms with Gasteiger partial charge in [0.05, 0.1) is 6.67 Å². The summed E-state index contributed by atoms with van der Waals surface area (Å²) in [5.74, 6) is 0.337. The SMILES string of the molecule is CC(C)(C)N1CCC(CF)CC1. The average Bonchev–Trinajstić information content (AvgIpc) is 2.03. The molecule has 0 aromatic rings. The molecule has 1 nitrogen and oxygen atoms in total. The molecule has 1 fully saturated rings. The molecule has 1 aliphatic heterocycles. The number of halogens is 1. The summed E-state index contributed by atoms with van der Waals surface area (Å²) >= 11 is 0. The van der Waals surface area contributed by atoms with E-state index in [0.29, 0.717) is 5.92 Å². The number of likely N-dealkylation sites (tertiary alicyclic amines) is 1. The molecule has 2 heteroatoms. The van der Waals surface area contributed by atoms with Crippen LogP contribution in [0, 0.1) is 5.92 Å². The van der Waals surface area contributed by atoms with Crippen LogP contribution < -0.4 is 0 Å². The summed E-state index contributed by atoms with van der Waals surface area (Å²) in [5, 5.41) is 0. The van der Waals surface area contributed by atoms with Crippen molar-refractivity contribution >= 4 is 0 Å². The van der Waals surface area contributed by atoms with Crippen LogP contribution in [0.1, 0.15) is 33.6 Å². The van der Waals surface area contributed by atoms with Crippen LogP contribution in [0.5, 0.6) is 0 Å². The molecule has 0 saturated carbocycles. The summed E-state index contributed by atoms with van der Waals surface area (Å²) in [5.41, 5.74) is 0.265. The summed E-state index contributed by atoms with van der Waals surface area (Å²) in [7, 11) is 0. The standard InChI is InChI=1S/C10H20FN/c1-10(2,3)12-6-4-9(8-11)5-7-12/h9H,4-8H2,1-3H3. The third kappa shape index (κ3) is 2.44. The summed E-state index contributed by atoms with van der Waals surface area (Å²) in [4.78, 5) is 2.44. The predicted octanol–water partition coefficient (Wildman–Crippen LogP) is 2.47. The number of piperidine rings is 1. The van der Waals surface area contributed by atoms with Crippen molar-refractivity contribution in [3.05, 3.63) is 0 Å². The average molecular weight is 173 g/mol. The normalized spacial score (nSPS) is 23.0. The molecule has 1 aliphatic rings. The third-order valence-corrected chi connectivity index (χ3v) is 2.78. The van der Waals surface area contributed by atoms with E-state index in [2.05, 4.69) is 25.7 Å². The third-order valence-electron chi connectivity index (χ3n) is 2.78. The van der Waals surface area contributed by atoms with Crippen LogP contribution in [0.3, 0.4) is 0 Å². The highest BCUT2D eigenvalue weighted by Crippen LogP contribution is 2.23. The van der Waals surface area contributed by atoms with Gasteiger partial charge in [0, 0.05) is 5.54 Å². The molecule has 1 saturated heterocycles. The van der Waals surface area contributed by atoms with Crippen LogP contribution in [0.25, 0.3) is 0 Å². The number of nitrogens with zero attached hydrogens (tertiary/aromatic N) is 1. The van der Waals surface area contributed by atoms with Crippen LogP contribution in [0.4, 0.5) is 4.39 Å². The maximum Gasteiger partial charge on any atom is 0.0923 e. The Morgan fingerprint density at radius 1 is 1.25 bits per heavy atom. The van der Waals surface area contributed by atoms with Crippen molar-refractivity contribution in [3.63, 3.8) is 0 Å². The van der Waals surface area contributed by atoms with Gasteiger partial charge in [0.2, 0.25) is 0 Å². The van der Waals surface area contributed by atoms with E-state index >= 15 is 0 Å². The van der Waals surface area contributed by atoms with Gasteiger partial charge in [-0.3, -0.25) is 9.29 Å². The molecule has 12 heavy (non-hydrogen) atoms. The first-order valence-electron chi connectivity index (χ1n) is 4.85. The van der Waals surface area contributed by atoms with Crippen LogP contribution in [-0.4, -0.2) is 30.2 Å². The fraction of sp³-hybridized carbons (Fsp3) is 1.00. The van der Waals surface area contributed by atoms with Gasteiger partial charge in [0.25, 0.3) is 0 Å². The lowest BCUT2D eigenvalue weighted by molar-refractivity contribution is 0.0804. The first kappa shape index (κ1) is 9.97. The molecule has 0 aliphatic carbocycles. The second-order valence-electron chi connectivity index (χ2n) is 4.76. The van der Waals surface area contributed by atoms with E-state index in [1.807, 2.05) is 0 Å². The van der Waals surface area contributed by atoms with Crippen LogP contribution in [-0.2, 0) is 0 Å². The smallest absolute Gasteiger partial charge is 0.0923 e. The first-order valence-corrected chi connectivity index (χ1v) is 4.85. The number of hydrogen-bond acceptors (Lipinski definition) is 1. The molecule has 0 spiro atoms. The Hall–Kier alpha value is -0.110. The largest absolute Gasteiger partial charge is 0.298 e. The monoisotopic (exact) mass is 173 g/mol. The minimum absolute atomic E-state index is 0.127. The number of rotatable bonds is 1. The van der Waals surface area contributed by atoms with Crippen LogP contribution >= 0.6 is 0 Å². The zero-order valence-corrected chi connectivity index (χ0v) is 8.44. The maximum absolute atomic E-state index is 12.3. The van der Waals surface area contributed by atoms with Gasteiger partial charge in [-0.2, -0.15) is 0 Å². The van der Waals surface area contributed by atoms with E-state index in [-0.39, 0.29) is 12.2 Å². The van der Waals surface area contributed by atoms with E-state index in [9.17, 15) is 4.39 Å². The van der Waals surface area contributed by atoms with Gasteiger partial charge in [-0.15, -0.1) is 0 Å². The predicted molar refractivity (Wildman–Crippen MR) is 50.0 cm³/mol.